The van der Waals surface area contributed by atoms with Gasteiger partial charge in [-0.3, -0.25) is 14.4 Å². The SMILES string of the molecule is CC(=O)/C=C(\C)c1ccc2oc(C(=O)c3ccc(C#N)cc3)c(NC(=O)/C(C)=C(/C)O)c2c1. The van der Waals surface area contributed by atoms with Crippen molar-refractivity contribution in [1.82, 2.24) is 0 Å². The van der Waals surface area contributed by atoms with E-state index in [-0.39, 0.29) is 34.1 Å². The van der Waals surface area contributed by atoms with E-state index in [0.29, 0.717) is 22.1 Å². The molecule has 2 aromatic carbocycles. The van der Waals surface area contributed by atoms with Gasteiger partial charge in [0, 0.05) is 10.9 Å². The largest absolute Gasteiger partial charge is 0.512 e. The summed E-state index contributed by atoms with van der Waals surface area (Å²) in [6.07, 6.45) is 1.49. The molecule has 2 N–H and O–H groups in total. The van der Waals surface area contributed by atoms with E-state index < -0.39 is 11.7 Å². The summed E-state index contributed by atoms with van der Waals surface area (Å²) in [5, 5.41) is 21.9. The molecule has 0 unspecified atom stereocenters. The van der Waals surface area contributed by atoms with Crippen molar-refractivity contribution in [2.24, 2.45) is 0 Å². The first kappa shape index (κ1) is 23.2. The smallest absolute Gasteiger partial charge is 0.254 e. The highest BCUT2D eigenvalue weighted by molar-refractivity contribution is 6.19. The Hall–Kier alpha value is -4.44. The van der Waals surface area contributed by atoms with E-state index in [1.807, 2.05) is 6.07 Å². The van der Waals surface area contributed by atoms with Gasteiger partial charge in [-0.2, -0.15) is 5.26 Å². The molecule has 0 spiro atoms. The Kier molecular flexibility index (Phi) is 6.59. The summed E-state index contributed by atoms with van der Waals surface area (Å²) in [7, 11) is 0. The number of amides is 1. The minimum atomic E-state index is -0.590. The molecule has 0 fully saturated rings. The minimum Gasteiger partial charge on any atom is -0.512 e. The first-order valence-corrected chi connectivity index (χ1v) is 10.1. The van der Waals surface area contributed by atoms with Crippen molar-refractivity contribution in [2.45, 2.75) is 27.7 Å². The number of nitriles is 1. The van der Waals surface area contributed by atoms with Gasteiger partial charge in [0.1, 0.15) is 5.58 Å². The van der Waals surface area contributed by atoms with E-state index in [0.717, 1.165) is 5.56 Å². The number of anilines is 1. The molecule has 7 nitrogen and oxygen atoms in total. The van der Waals surface area contributed by atoms with Gasteiger partial charge in [0.2, 0.25) is 5.78 Å². The Morgan fingerprint density at radius 1 is 1.00 bits per heavy atom. The van der Waals surface area contributed by atoms with E-state index >= 15 is 0 Å². The molecule has 7 heteroatoms. The Balaban J connectivity index is 2.19. The lowest BCUT2D eigenvalue weighted by molar-refractivity contribution is -0.113. The summed E-state index contributed by atoms with van der Waals surface area (Å²) in [4.78, 5) is 37.4. The van der Waals surface area contributed by atoms with Crippen LogP contribution in [0.15, 0.2) is 64.3 Å². The molecule has 0 aliphatic heterocycles. The van der Waals surface area contributed by atoms with Gasteiger partial charge in [0.25, 0.3) is 5.91 Å². The lowest BCUT2D eigenvalue weighted by Gasteiger charge is -2.08. The van der Waals surface area contributed by atoms with Crippen LogP contribution >= 0.6 is 0 Å². The average molecular weight is 442 g/mol. The number of carbonyl (C=O) groups excluding carboxylic acids is 3. The second-order valence-corrected chi connectivity index (χ2v) is 7.64. The summed E-state index contributed by atoms with van der Waals surface area (Å²) in [6.45, 7) is 6.08. The van der Waals surface area contributed by atoms with Gasteiger partial charge in [-0.05, 0) is 81.3 Å². The van der Waals surface area contributed by atoms with Crippen LogP contribution in [0.25, 0.3) is 16.5 Å². The predicted molar refractivity (Wildman–Crippen MR) is 125 cm³/mol. The van der Waals surface area contributed by atoms with E-state index in [1.54, 1.807) is 25.1 Å². The highest BCUT2D eigenvalue weighted by Crippen LogP contribution is 2.35. The molecule has 33 heavy (non-hydrogen) atoms. The van der Waals surface area contributed by atoms with Crippen LogP contribution in [0.3, 0.4) is 0 Å². The van der Waals surface area contributed by atoms with Crippen molar-refractivity contribution in [1.29, 1.82) is 5.26 Å². The van der Waals surface area contributed by atoms with Crippen molar-refractivity contribution >= 4 is 39.7 Å². The van der Waals surface area contributed by atoms with E-state index in [4.69, 9.17) is 9.68 Å². The van der Waals surface area contributed by atoms with Crippen molar-refractivity contribution in [3.63, 3.8) is 0 Å². The third kappa shape index (κ3) is 4.91. The zero-order chi connectivity index (χ0) is 24.3. The van der Waals surface area contributed by atoms with Gasteiger partial charge in [0.05, 0.1) is 28.7 Å². The molecule has 0 radical (unpaired) electrons. The fraction of sp³-hybridized carbons (Fsp3) is 0.154. The summed E-state index contributed by atoms with van der Waals surface area (Å²) in [6, 6.07) is 13.2. The van der Waals surface area contributed by atoms with Crippen molar-refractivity contribution in [3.05, 3.63) is 82.3 Å². The van der Waals surface area contributed by atoms with Gasteiger partial charge in [-0.25, -0.2) is 0 Å². The van der Waals surface area contributed by atoms with E-state index in [1.165, 1.54) is 51.1 Å². The number of fused-ring (bicyclic) bond motifs is 1. The number of ketones is 2. The van der Waals surface area contributed by atoms with E-state index in [9.17, 15) is 19.5 Å². The standard InChI is InChI=1S/C26H22N2O5/c1-14(11-15(2)29)20-9-10-22-21(12-20)23(28-26(32)16(3)17(4)30)25(33-22)24(31)19-7-5-18(13-27)6-8-19/h5-12,30H,1-4H3,(H,28,32)/b14-11+,17-16-. The van der Waals surface area contributed by atoms with Crippen LogP contribution in [0.1, 0.15) is 54.9 Å². The maximum Gasteiger partial charge on any atom is 0.254 e. The Morgan fingerprint density at radius 3 is 2.21 bits per heavy atom. The molecular formula is C26H22N2O5. The van der Waals surface area contributed by atoms with Crippen molar-refractivity contribution in [3.8, 4) is 6.07 Å². The number of rotatable bonds is 6. The fourth-order valence-electron chi connectivity index (χ4n) is 3.21. The number of nitrogens with zero attached hydrogens (tertiary/aromatic N) is 1. The lowest BCUT2D eigenvalue weighted by Crippen LogP contribution is -2.16. The van der Waals surface area contributed by atoms with Crippen LogP contribution in [-0.2, 0) is 9.59 Å². The topological polar surface area (TPSA) is 120 Å². The molecular weight excluding hydrogens is 420 g/mol. The number of hydrogen-bond acceptors (Lipinski definition) is 6. The first-order valence-electron chi connectivity index (χ1n) is 10.1. The molecule has 0 atom stereocenters. The van der Waals surface area contributed by atoms with Gasteiger partial charge < -0.3 is 14.8 Å². The second-order valence-electron chi connectivity index (χ2n) is 7.64. The molecule has 166 valence electrons. The summed E-state index contributed by atoms with van der Waals surface area (Å²) >= 11 is 0. The summed E-state index contributed by atoms with van der Waals surface area (Å²) in [5.74, 6) is -1.42. The van der Waals surface area contributed by atoms with Crippen LogP contribution < -0.4 is 5.32 Å². The van der Waals surface area contributed by atoms with Crippen molar-refractivity contribution in [2.75, 3.05) is 5.32 Å². The highest BCUT2D eigenvalue weighted by atomic mass is 16.3. The molecule has 3 rings (SSSR count). The van der Waals surface area contributed by atoms with Crippen molar-refractivity contribution < 1.29 is 23.9 Å². The molecule has 3 aromatic rings. The zero-order valence-corrected chi connectivity index (χ0v) is 18.6. The van der Waals surface area contributed by atoms with Crippen LogP contribution in [0, 0.1) is 11.3 Å². The number of hydrogen-bond donors (Lipinski definition) is 2. The molecule has 1 heterocycles. The maximum absolute atomic E-state index is 13.2. The molecule has 0 aliphatic rings. The summed E-state index contributed by atoms with van der Waals surface area (Å²) < 4.78 is 5.83. The minimum absolute atomic E-state index is 0.0863. The number of furan rings is 1. The quantitative estimate of drug-likeness (QED) is 0.303. The number of nitrogens with one attached hydrogen (secondary N) is 1. The van der Waals surface area contributed by atoms with Crippen LogP contribution in [-0.4, -0.2) is 22.6 Å². The number of aliphatic hydroxyl groups is 1. The normalized spacial score (nSPS) is 12.2. The number of benzene rings is 2. The van der Waals surface area contributed by atoms with Crippen LogP contribution in [0.2, 0.25) is 0 Å². The Morgan fingerprint density at radius 2 is 1.64 bits per heavy atom. The second kappa shape index (κ2) is 9.37. The van der Waals surface area contributed by atoms with Gasteiger partial charge in [-0.1, -0.05) is 6.07 Å². The average Bonchev–Trinajstić information content (AvgIpc) is 3.15. The molecule has 0 saturated heterocycles. The monoisotopic (exact) mass is 442 g/mol. The Bertz CT molecular complexity index is 1380. The molecule has 1 amide bonds. The number of carbonyl (C=O) groups is 3. The van der Waals surface area contributed by atoms with Gasteiger partial charge in [0.15, 0.2) is 11.5 Å². The lowest BCUT2D eigenvalue weighted by atomic mass is 10.0. The van der Waals surface area contributed by atoms with E-state index in [2.05, 4.69) is 5.32 Å². The third-order valence-electron chi connectivity index (χ3n) is 5.17. The molecule has 0 saturated carbocycles. The molecule has 1 aromatic heterocycles. The first-order chi connectivity index (χ1) is 15.6. The highest BCUT2D eigenvalue weighted by Gasteiger charge is 2.24. The zero-order valence-electron chi connectivity index (χ0n) is 18.6. The number of aliphatic hydroxyl groups excluding tert-OH is 1. The fourth-order valence-corrected chi connectivity index (χ4v) is 3.21. The van der Waals surface area contributed by atoms with Crippen LogP contribution in [0.5, 0.6) is 0 Å². The predicted octanol–water partition coefficient (Wildman–Crippen LogP) is 5.32. The van der Waals surface area contributed by atoms with Gasteiger partial charge >= 0.3 is 0 Å². The summed E-state index contributed by atoms with van der Waals surface area (Å²) in [5.41, 5.74) is 2.72. The van der Waals surface area contributed by atoms with Crippen LogP contribution in [0.4, 0.5) is 5.69 Å². The molecule has 0 bridgehead atoms. The van der Waals surface area contributed by atoms with Gasteiger partial charge in [-0.15, -0.1) is 0 Å². The molecule has 0 aliphatic carbocycles. The Labute approximate surface area is 190 Å². The number of allylic oxidation sites excluding steroid dienone is 3. The third-order valence-corrected chi connectivity index (χ3v) is 5.17. The maximum atomic E-state index is 13.2.